The van der Waals surface area contributed by atoms with Gasteiger partial charge in [-0.2, -0.15) is 0 Å². The average Bonchev–Trinajstić information content (AvgIpc) is 3.10. The Morgan fingerprint density at radius 3 is 3.08 bits per heavy atom. The monoisotopic (exact) mass is 394 g/mol. The smallest absolute Gasteiger partial charge is 0.268 e. The number of rotatable bonds is 6. The van der Waals surface area contributed by atoms with Gasteiger partial charge in [0.2, 0.25) is 0 Å². The van der Waals surface area contributed by atoms with E-state index >= 15 is 0 Å². The number of aromatic nitrogens is 1. The van der Waals surface area contributed by atoms with Gasteiger partial charge in [0.1, 0.15) is 16.1 Å². The summed E-state index contributed by atoms with van der Waals surface area (Å²) in [5, 5.41) is 11.8. The van der Waals surface area contributed by atoms with Crippen molar-refractivity contribution in [2.75, 3.05) is 26.1 Å². The molecule has 3 heterocycles. The van der Waals surface area contributed by atoms with Crippen LogP contribution in [0.1, 0.15) is 79.0 Å². The van der Waals surface area contributed by atoms with E-state index in [1.54, 1.807) is 0 Å². The molecule has 0 radical (unpaired) electrons. The molecule has 142 valence electrons. The molecule has 0 bridgehead atoms. The third-order valence-electron chi connectivity index (χ3n) is 3.41. The summed E-state index contributed by atoms with van der Waals surface area (Å²) < 4.78 is 136. The Kier molecular flexibility index (Phi) is 2.20. The lowest BCUT2D eigenvalue weighted by atomic mass is 10.1. The molecule has 0 aliphatic carbocycles. The molecule has 26 heavy (non-hydrogen) atoms. The van der Waals surface area contributed by atoms with E-state index in [-0.39, 0.29) is 4.90 Å². The Hall–Kier alpha value is -1.86. The summed E-state index contributed by atoms with van der Waals surface area (Å²) in [5.41, 5.74) is -2.58. The van der Waals surface area contributed by atoms with Crippen LogP contribution in [0.5, 0.6) is 5.75 Å². The molecule has 2 unspecified atom stereocenters. The van der Waals surface area contributed by atoms with E-state index in [2.05, 4.69) is 5.32 Å². The molecular formula is C19H27N3O3S. The summed E-state index contributed by atoms with van der Waals surface area (Å²) in [6.45, 7) is -12.3. The summed E-state index contributed by atoms with van der Waals surface area (Å²) in [4.78, 5) is 25.9. The summed E-state index contributed by atoms with van der Waals surface area (Å²) in [6.07, 6.45) is -11.8. The molecule has 0 aromatic carbocycles. The third-order valence-corrected chi connectivity index (χ3v) is 4.20. The predicted octanol–water partition coefficient (Wildman–Crippen LogP) is 2.96. The van der Waals surface area contributed by atoms with Crippen molar-refractivity contribution in [2.24, 2.45) is 0 Å². The van der Waals surface area contributed by atoms with E-state index in [1.165, 1.54) is 0 Å². The first-order valence-corrected chi connectivity index (χ1v) is 8.24. The van der Waals surface area contributed by atoms with Crippen molar-refractivity contribution < 1.29 is 33.2 Å². The van der Waals surface area contributed by atoms with E-state index in [4.69, 9.17) is 23.3 Å². The number of aromatic hydroxyl groups is 1. The number of carbonyl (C=O) groups is 1. The number of thiophene rings is 1. The molecule has 1 saturated heterocycles. The van der Waals surface area contributed by atoms with Crippen molar-refractivity contribution in [1.29, 1.82) is 0 Å². The SMILES string of the molecule is [2H]c1sc2c(c1[2H])c(O)c(C(=O)NCCC([2H])N1C([2H])([2H])C([2H])([2H])C([2H])([2H])C([2H])([2H])C1([2H])[2H])c(=O)n2C([2H])(C)C([2H])([2H])[2H]. The Balaban J connectivity index is 2.01. The predicted molar refractivity (Wildman–Crippen MR) is 105 cm³/mol. The van der Waals surface area contributed by atoms with Gasteiger partial charge in [0.25, 0.3) is 11.5 Å². The van der Waals surface area contributed by atoms with E-state index in [0.29, 0.717) is 15.9 Å². The zero-order valence-corrected chi connectivity index (χ0v) is 14.4. The maximum absolute atomic E-state index is 13.4. The van der Waals surface area contributed by atoms with Crippen molar-refractivity contribution in [3.8, 4) is 5.75 Å². The van der Waals surface area contributed by atoms with Gasteiger partial charge < -0.3 is 15.3 Å². The molecule has 2 aromatic heterocycles. The second kappa shape index (κ2) is 8.22. The molecule has 0 spiro atoms. The van der Waals surface area contributed by atoms with Crippen LogP contribution in [-0.2, 0) is 0 Å². The quantitative estimate of drug-likeness (QED) is 0.790. The number of hydrogen-bond acceptors (Lipinski definition) is 5. The highest BCUT2D eigenvalue weighted by Gasteiger charge is 2.23. The van der Waals surface area contributed by atoms with E-state index in [9.17, 15) is 14.7 Å². The Morgan fingerprint density at radius 1 is 1.58 bits per heavy atom. The van der Waals surface area contributed by atoms with Crippen LogP contribution in [-0.4, -0.2) is 46.5 Å². The molecule has 2 aromatic rings. The van der Waals surface area contributed by atoms with Crippen molar-refractivity contribution in [3.05, 3.63) is 27.3 Å². The fourth-order valence-corrected chi connectivity index (χ4v) is 3.09. The number of nitrogens with zero attached hydrogens (tertiary/aromatic N) is 2. The Morgan fingerprint density at radius 2 is 2.35 bits per heavy atom. The van der Waals surface area contributed by atoms with Gasteiger partial charge in [-0.15, -0.1) is 11.3 Å². The van der Waals surface area contributed by atoms with Crippen LogP contribution >= 0.6 is 11.3 Å². The zero-order chi connectivity index (χ0) is 33.7. The van der Waals surface area contributed by atoms with Gasteiger partial charge in [-0.1, -0.05) is 6.37 Å². The van der Waals surface area contributed by atoms with Crippen molar-refractivity contribution in [1.82, 2.24) is 14.8 Å². The lowest BCUT2D eigenvalue weighted by Gasteiger charge is -2.26. The van der Waals surface area contributed by atoms with Gasteiger partial charge in [-0.3, -0.25) is 14.2 Å². The average molecular weight is 395 g/mol. The molecule has 2 atom stereocenters. The first kappa shape index (κ1) is 6.95. The van der Waals surface area contributed by atoms with Gasteiger partial charge in [-0.05, 0) is 63.9 Å². The van der Waals surface area contributed by atoms with Gasteiger partial charge in [0, 0.05) is 31.8 Å². The molecule has 7 heteroatoms. The summed E-state index contributed by atoms with van der Waals surface area (Å²) in [7, 11) is 0. The maximum Gasteiger partial charge on any atom is 0.268 e. The summed E-state index contributed by atoms with van der Waals surface area (Å²) in [5.74, 6) is -2.50. The van der Waals surface area contributed by atoms with Crippen molar-refractivity contribution >= 4 is 27.5 Å². The fraction of sp³-hybridized carbons (Fsp3) is 0.579. The number of fused-ring (bicyclic) bond motifs is 1. The highest BCUT2D eigenvalue weighted by Crippen LogP contribution is 2.31. The number of hydrogen-bond donors (Lipinski definition) is 2. The lowest BCUT2D eigenvalue weighted by molar-refractivity contribution is 0.0946. The molecule has 3 rings (SSSR count). The van der Waals surface area contributed by atoms with E-state index < -0.39 is 109 Å². The minimum absolute atomic E-state index is 0.126. The molecule has 6 nitrogen and oxygen atoms in total. The molecule has 1 aliphatic rings. The van der Waals surface area contributed by atoms with Crippen LogP contribution in [0.3, 0.4) is 0 Å². The number of amides is 1. The van der Waals surface area contributed by atoms with Crippen molar-refractivity contribution in [3.63, 3.8) is 0 Å². The Labute approximate surface area is 181 Å². The molecule has 0 saturated carbocycles. The highest BCUT2D eigenvalue weighted by atomic mass is 32.1. The van der Waals surface area contributed by atoms with Gasteiger partial charge >= 0.3 is 0 Å². The minimum atomic E-state index is -3.69. The van der Waals surface area contributed by atoms with Crippen LogP contribution in [0, 0.1) is 0 Å². The second-order valence-electron chi connectivity index (χ2n) is 5.15. The zero-order valence-electron chi connectivity index (χ0n) is 30.6. The molecule has 1 fully saturated rings. The third kappa shape index (κ3) is 3.78. The highest BCUT2D eigenvalue weighted by molar-refractivity contribution is 7.16. The van der Waals surface area contributed by atoms with Crippen LogP contribution < -0.4 is 10.9 Å². The molecular weight excluding hydrogens is 350 g/mol. The van der Waals surface area contributed by atoms with Crippen LogP contribution in [0.2, 0.25) is 0 Å². The normalized spacial score (nSPS) is 38.9. The van der Waals surface area contributed by atoms with Gasteiger partial charge in [0.15, 0.2) is 0 Å². The summed E-state index contributed by atoms with van der Waals surface area (Å²) >= 11 is 0.425. The lowest BCUT2D eigenvalue weighted by Crippen LogP contribution is -2.36. The first-order chi connectivity index (χ1) is 19.0. The molecule has 2 N–H and O–H groups in total. The molecule has 1 amide bonds. The maximum atomic E-state index is 13.4. The van der Waals surface area contributed by atoms with Crippen LogP contribution in [0.15, 0.2) is 16.2 Å². The fourth-order valence-electron chi connectivity index (χ4n) is 2.28. The first-order valence-electron chi connectivity index (χ1n) is 16.0. The standard InChI is InChI=1S/C19H27N3O3S/c1-13(2)22-18(25)15(16(23)14-7-12-26-19(14)22)17(24)20-8-6-11-21-9-4-3-5-10-21/h7,12-13,23H,3-6,8-11H2,1-2H3,(H,20,24)/i1D3,3D2,4D2,5D2,7D,9D2,10D2,11D,12D,13D. The second-order valence-corrected chi connectivity index (χ2v) is 5.95. The van der Waals surface area contributed by atoms with Crippen molar-refractivity contribution in [2.45, 2.75) is 45.3 Å². The van der Waals surface area contributed by atoms with Crippen LogP contribution in [0.4, 0.5) is 0 Å². The van der Waals surface area contributed by atoms with Gasteiger partial charge in [-0.25, -0.2) is 0 Å². The molecule has 1 aliphatic heterocycles. The number of nitrogens with one attached hydrogen (secondary N) is 1. The topological polar surface area (TPSA) is 74.6 Å². The number of pyridine rings is 1. The van der Waals surface area contributed by atoms with E-state index in [1.807, 2.05) is 0 Å². The number of likely N-dealkylation sites (tertiary alicyclic amines) is 1. The van der Waals surface area contributed by atoms with Gasteiger partial charge in [0.05, 0.1) is 9.50 Å². The van der Waals surface area contributed by atoms with E-state index in [0.717, 1.165) is 6.92 Å². The summed E-state index contributed by atoms with van der Waals surface area (Å²) in [6, 6.07) is -3.40. The van der Waals surface area contributed by atoms with Crippen LogP contribution in [0.25, 0.3) is 10.2 Å². The Bertz CT molecular complexity index is 1480. The number of piperidine rings is 1. The number of carbonyl (C=O) groups excluding carboxylic acids is 1. The largest absolute Gasteiger partial charge is 0.506 e. The minimum Gasteiger partial charge on any atom is -0.506 e.